The quantitative estimate of drug-likeness (QED) is 0.253. The van der Waals surface area contributed by atoms with E-state index in [1.165, 1.54) is 16.2 Å². The average Bonchev–Trinajstić information content (AvgIpc) is 3.48. The number of amides is 3. The minimum Gasteiger partial charge on any atom is -0.302 e. The Hall–Kier alpha value is -2.74. The molecule has 6 nitrogen and oxygen atoms in total. The lowest BCUT2D eigenvalue weighted by Crippen LogP contribution is -2.57. The van der Waals surface area contributed by atoms with Crippen LogP contribution in [0.2, 0.25) is 0 Å². The molecule has 3 aromatic rings. The molecule has 0 spiro atoms. The summed E-state index contributed by atoms with van der Waals surface area (Å²) in [6.45, 7) is 0.283. The number of carbonyl (C=O) groups excluding carboxylic acids is 3. The van der Waals surface area contributed by atoms with Gasteiger partial charge in [-0.3, -0.25) is 19.3 Å². The number of halogens is 2. The van der Waals surface area contributed by atoms with Crippen LogP contribution in [0.25, 0.3) is 0 Å². The predicted molar refractivity (Wildman–Crippen MR) is 139 cm³/mol. The van der Waals surface area contributed by atoms with E-state index >= 15 is 0 Å². The summed E-state index contributed by atoms with van der Waals surface area (Å²) in [5.74, 6) is -2.16. The Labute approximate surface area is 222 Å². The lowest BCUT2D eigenvalue weighted by molar-refractivity contribution is -0.140. The van der Waals surface area contributed by atoms with Crippen LogP contribution >= 0.6 is 34.5 Å². The maximum Gasteiger partial charge on any atom is 0.235 e. The summed E-state index contributed by atoms with van der Waals surface area (Å²) in [6, 6.07) is 15.3. The second-order valence-electron chi connectivity index (χ2n) is 9.49. The molecule has 1 aromatic heterocycles. The number of thiazole rings is 1. The fourth-order valence-electron chi connectivity index (χ4n) is 6.14. The Morgan fingerprint density at radius 2 is 1.42 bits per heavy atom. The minimum absolute atomic E-state index is 0.0930. The number of hydrogen-bond acceptors (Lipinski definition) is 5. The summed E-state index contributed by atoms with van der Waals surface area (Å²) in [5, 5.41) is 5.15. The minimum atomic E-state index is -1.15. The highest BCUT2D eigenvalue weighted by Crippen LogP contribution is 2.69. The third-order valence-electron chi connectivity index (χ3n) is 7.64. The highest BCUT2D eigenvalue weighted by molar-refractivity contribution is 7.13. The number of nitrogens with zero attached hydrogens (tertiary/aromatic N) is 2. The highest BCUT2D eigenvalue weighted by Gasteiger charge is 2.72. The van der Waals surface area contributed by atoms with E-state index in [0.717, 1.165) is 22.3 Å². The van der Waals surface area contributed by atoms with Crippen LogP contribution in [0.4, 0.5) is 5.13 Å². The first kappa shape index (κ1) is 23.6. The van der Waals surface area contributed by atoms with Crippen LogP contribution in [0.3, 0.4) is 0 Å². The fourth-order valence-corrected chi connectivity index (χ4v) is 7.79. The number of benzene rings is 2. The smallest absolute Gasteiger partial charge is 0.235 e. The Balaban J connectivity index is 1.21. The molecule has 1 saturated heterocycles. The summed E-state index contributed by atoms with van der Waals surface area (Å²) in [6.07, 6.45) is 3.95. The van der Waals surface area contributed by atoms with E-state index in [1.807, 2.05) is 48.5 Å². The molecule has 3 aliphatic carbocycles. The van der Waals surface area contributed by atoms with Crippen molar-refractivity contribution >= 4 is 57.4 Å². The van der Waals surface area contributed by atoms with E-state index in [9.17, 15) is 14.4 Å². The van der Waals surface area contributed by atoms with E-state index in [4.69, 9.17) is 23.2 Å². The summed E-state index contributed by atoms with van der Waals surface area (Å²) in [7, 11) is 0. The van der Waals surface area contributed by atoms with E-state index in [0.29, 0.717) is 30.8 Å². The van der Waals surface area contributed by atoms with Gasteiger partial charge in [0.15, 0.2) is 5.13 Å². The highest BCUT2D eigenvalue weighted by atomic mass is 35.5. The topological polar surface area (TPSA) is 79.4 Å². The van der Waals surface area contributed by atoms with E-state index in [2.05, 4.69) is 10.3 Å². The van der Waals surface area contributed by atoms with E-state index in [1.54, 1.807) is 11.6 Å². The van der Waals surface area contributed by atoms with Crippen molar-refractivity contribution in [1.82, 2.24) is 9.88 Å². The Bertz CT molecular complexity index is 1250. The standard InChI is InChI=1S/C27H23Cl2N3O3S/c28-26-16-8-3-4-9-17(16)27(29,19-11-6-5-10-18(19)26)22-21(26)23(34)32(24(22)35)14-7-1-2-12-20(33)31-25-30-13-15-36-25/h3-6,8-11,13,15,21-22H,1-2,7,12,14H2,(H,30,31,33)/t21-,22-,26?,27?/m1/s1. The summed E-state index contributed by atoms with van der Waals surface area (Å²) in [5.41, 5.74) is 3.21. The third-order valence-corrected chi connectivity index (χ3v) is 9.61. The molecule has 2 bridgehead atoms. The molecule has 3 amide bonds. The molecule has 2 aromatic carbocycles. The zero-order chi connectivity index (χ0) is 25.1. The molecule has 1 aliphatic heterocycles. The van der Waals surface area contributed by atoms with Gasteiger partial charge < -0.3 is 5.32 Å². The molecule has 0 unspecified atom stereocenters. The van der Waals surface area contributed by atoms with Crippen molar-refractivity contribution in [2.24, 2.45) is 11.8 Å². The van der Waals surface area contributed by atoms with E-state index in [-0.39, 0.29) is 24.3 Å². The van der Waals surface area contributed by atoms with Crippen LogP contribution in [-0.2, 0) is 24.1 Å². The van der Waals surface area contributed by atoms with Gasteiger partial charge >= 0.3 is 0 Å². The third kappa shape index (κ3) is 3.22. The van der Waals surface area contributed by atoms with Gasteiger partial charge in [-0.15, -0.1) is 34.5 Å². The number of anilines is 1. The fraction of sp³-hybridized carbons (Fsp3) is 0.333. The van der Waals surface area contributed by atoms with Gasteiger partial charge in [-0.25, -0.2) is 4.98 Å². The number of unbranched alkanes of at least 4 members (excludes halogenated alkanes) is 2. The van der Waals surface area contributed by atoms with Crippen LogP contribution < -0.4 is 5.32 Å². The van der Waals surface area contributed by atoms with E-state index < -0.39 is 21.6 Å². The van der Waals surface area contributed by atoms with Gasteiger partial charge in [-0.2, -0.15) is 0 Å². The molecule has 0 radical (unpaired) electrons. The Morgan fingerprint density at radius 1 is 0.889 bits per heavy atom. The number of likely N-dealkylation sites (tertiary alicyclic amines) is 1. The molecular formula is C27H23Cl2N3O3S. The molecule has 9 heteroatoms. The number of carbonyl (C=O) groups is 3. The Kier molecular flexibility index (Phi) is 5.70. The van der Waals surface area contributed by atoms with Gasteiger partial charge in [0, 0.05) is 24.5 Å². The average molecular weight is 540 g/mol. The van der Waals surface area contributed by atoms with Crippen LogP contribution in [-0.4, -0.2) is 34.2 Å². The normalized spacial score (nSPS) is 27.6. The lowest BCUT2D eigenvalue weighted by Gasteiger charge is -2.54. The van der Waals surface area contributed by atoms with Gasteiger partial charge in [0.2, 0.25) is 17.7 Å². The monoisotopic (exact) mass is 539 g/mol. The maximum absolute atomic E-state index is 13.7. The molecule has 184 valence electrons. The SMILES string of the molecule is O=C(CCCCCN1C(=O)[C@H]2[C@H](C1=O)C1(Cl)c3ccccc3C2(Cl)c2ccccc21)Nc1nccs1. The predicted octanol–water partition coefficient (Wildman–Crippen LogP) is 5.24. The molecule has 0 saturated carbocycles. The number of rotatable bonds is 7. The number of aromatic nitrogens is 1. The molecular weight excluding hydrogens is 517 g/mol. The first-order valence-corrected chi connectivity index (χ1v) is 13.6. The van der Waals surface area contributed by atoms with Gasteiger partial charge in [0.25, 0.3) is 0 Å². The van der Waals surface area contributed by atoms with Crippen molar-refractivity contribution in [3.63, 3.8) is 0 Å². The van der Waals surface area contributed by atoms with Crippen molar-refractivity contribution in [3.8, 4) is 0 Å². The van der Waals surface area contributed by atoms with Gasteiger partial charge in [-0.1, -0.05) is 55.0 Å². The van der Waals surface area contributed by atoms with Crippen LogP contribution in [0.1, 0.15) is 47.9 Å². The molecule has 2 atom stereocenters. The first-order chi connectivity index (χ1) is 17.4. The van der Waals surface area contributed by atoms with Crippen molar-refractivity contribution < 1.29 is 14.4 Å². The molecule has 4 aliphatic rings. The van der Waals surface area contributed by atoms with Gasteiger partial charge in [0.1, 0.15) is 9.75 Å². The molecule has 7 rings (SSSR count). The summed E-state index contributed by atoms with van der Waals surface area (Å²) in [4.78, 5) is 42.7. The van der Waals surface area contributed by atoms with Crippen molar-refractivity contribution in [2.45, 2.75) is 35.4 Å². The molecule has 1 fully saturated rings. The number of hydrogen-bond donors (Lipinski definition) is 1. The molecule has 1 N–H and O–H groups in total. The number of imide groups is 1. The zero-order valence-corrected chi connectivity index (χ0v) is 21.6. The number of nitrogens with one attached hydrogen (secondary N) is 1. The van der Waals surface area contributed by atoms with Crippen LogP contribution in [0.15, 0.2) is 60.1 Å². The van der Waals surface area contributed by atoms with Crippen LogP contribution in [0.5, 0.6) is 0 Å². The van der Waals surface area contributed by atoms with Crippen molar-refractivity contribution in [1.29, 1.82) is 0 Å². The van der Waals surface area contributed by atoms with Crippen molar-refractivity contribution in [3.05, 3.63) is 82.4 Å². The molecule has 2 heterocycles. The summed E-state index contributed by atoms with van der Waals surface area (Å²) < 4.78 is 0. The lowest BCUT2D eigenvalue weighted by atomic mass is 9.54. The molecule has 36 heavy (non-hydrogen) atoms. The zero-order valence-electron chi connectivity index (χ0n) is 19.2. The first-order valence-electron chi connectivity index (χ1n) is 12.0. The maximum atomic E-state index is 13.7. The summed E-state index contributed by atoms with van der Waals surface area (Å²) >= 11 is 16.2. The second-order valence-corrected chi connectivity index (χ2v) is 11.6. The van der Waals surface area contributed by atoms with Crippen molar-refractivity contribution in [2.75, 3.05) is 11.9 Å². The number of alkyl halides is 2. The van der Waals surface area contributed by atoms with Crippen LogP contribution in [0, 0.1) is 11.8 Å². The Morgan fingerprint density at radius 3 is 1.89 bits per heavy atom. The second kappa shape index (κ2) is 8.68. The van der Waals surface area contributed by atoms with Gasteiger partial charge in [0.05, 0.1) is 11.8 Å². The van der Waals surface area contributed by atoms with Gasteiger partial charge in [-0.05, 0) is 35.1 Å². The largest absolute Gasteiger partial charge is 0.302 e.